The van der Waals surface area contributed by atoms with Crippen LogP contribution in [-0.2, 0) is 14.3 Å². The predicted octanol–water partition coefficient (Wildman–Crippen LogP) is -1.19. The minimum atomic E-state index is -1.46. The third-order valence-corrected chi connectivity index (χ3v) is 3.61. The minimum absolute atomic E-state index is 0.0223. The number of fused-ring (bicyclic) bond motifs is 1. The van der Waals surface area contributed by atoms with Crippen LogP contribution < -0.4 is 5.73 Å². The van der Waals surface area contributed by atoms with Crippen molar-refractivity contribution < 1.29 is 24.5 Å². The van der Waals surface area contributed by atoms with Crippen molar-refractivity contribution in [2.24, 2.45) is 0 Å². The highest BCUT2D eigenvalue weighted by Crippen LogP contribution is 2.32. The average molecular weight is 344 g/mol. The molecule has 0 bridgehead atoms. The quantitative estimate of drug-likeness (QED) is 0.460. The molecule has 3 rings (SSSR count). The normalized spacial score (nSPS) is 27.4. The molecule has 11 heteroatoms. The van der Waals surface area contributed by atoms with Crippen LogP contribution in [0.5, 0.6) is 0 Å². The lowest BCUT2D eigenvalue weighted by Gasteiger charge is -2.16. The Kier molecular flexibility index (Phi) is 4.31. The van der Waals surface area contributed by atoms with Crippen molar-refractivity contribution in [2.45, 2.75) is 24.5 Å². The number of nitrogens with zero attached hydrogens (tertiary/aromatic N) is 4. The summed E-state index contributed by atoms with van der Waals surface area (Å²) in [7, 11) is 0. The lowest BCUT2D eigenvalue weighted by molar-refractivity contribution is -0.161. The maximum atomic E-state index is 11.8. The molecular weight excluding hydrogens is 330 g/mol. The van der Waals surface area contributed by atoms with Gasteiger partial charge in [0.15, 0.2) is 23.8 Å². The molecule has 0 amide bonds. The Morgan fingerprint density at radius 3 is 2.91 bits per heavy atom. The van der Waals surface area contributed by atoms with Crippen LogP contribution in [0.25, 0.3) is 11.2 Å². The number of aliphatic hydroxyl groups excluding tert-OH is 2. The Morgan fingerprint density at radius 2 is 2.17 bits per heavy atom. The maximum absolute atomic E-state index is 11.8. The van der Waals surface area contributed by atoms with Gasteiger partial charge < -0.3 is 25.4 Å². The van der Waals surface area contributed by atoms with E-state index < -0.39 is 30.5 Å². The number of alkyl halides is 1. The van der Waals surface area contributed by atoms with Gasteiger partial charge in [0.1, 0.15) is 30.7 Å². The standard InChI is InChI=1S/C12H14ClN5O5/c13-1-2-22-12(21)8-6(19)7(20)11(23-8)18-4-17-5-9(14)15-3-16-10(5)18/h3-4,6-8,11,19-20H,1-2H2,(H2,14,15,16)/t6-,7+,8-,11?/m0/s1. The molecule has 4 N–H and O–H groups in total. The highest BCUT2D eigenvalue weighted by molar-refractivity contribution is 6.18. The summed E-state index contributed by atoms with van der Waals surface area (Å²) in [5.41, 5.74) is 6.33. The molecule has 0 radical (unpaired) electrons. The van der Waals surface area contributed by atoms with Crippen LogP contribution in [0.15, 0.2) is 12.7 Å². The summed E-state index contributed by atoms with van der Waals surface area (Å²) in [4.78, 5) is 23.7. The third-order valence-electron chi connectivity index (χ3n) is 3.45. The Hall–Kier alpha value is -2.01. The molecule has 0 aromatic carbocycles. The van der Waals surface area contributed by atoms with Crippen LogP contribution in [0.4, 0.5) is 5.82 Å². The predicted molar refractivity (Wildman–Crippen MR) is 77.3 cm³/mol. The Morgan fingerprint density at radius 1 is 1.39 bits per heavy atom. The number of esters is 1. The number of rotatable bonds is 4. The lowest BCUT2D eigenvalue weighted by atomic mass is 10.1. The summed E-state index contributed by atoms with van der Waals surface area (Å²) in [6.07, 6.45) is -2.67. The van der Waals surface area contributed by atoms with Gasteiger partial charge in [0.05, 0.1) is 12.2 Å². The molecule has 0 saturated carbocycles. The number of carbonyl (C=O) groups is 1. The summed E-state index contributed by atoms with van der Waals surface area (Å²) in [5, 5.41) is 20.2. The minimum Gasteiger partial charge on any atom is -0.462 e. The number of imidazole rings is 1. The van der Waals surface area contributed by atoms with Gasteiger partial charge in [-0.1, -0.05) is 0 Å². The van der Waals surface area contributed by atoms with Crippen molar-refractivity contribution >= 4 is 34.6 Å². The van der Waals surface area contributed by atoms with Gasteiger partial charge in [-0.2, -0.15) is 0 Å². The zero-order valence-electron chi connectivity index (χ0n) is 11.7. The first-order valence-electron chi connectivity index (χ1n) is 6.71. The van der Waals surface area contributed by atoms with Crippen LogP contribution in [0.3, 0.4) is 0 Å². The molecule has 2 aromatic heterocycles. The second-order valence-corrected chi connectivity index (χ2v) is 5.25. The number of hydrogen-bond acceptors (Lipinski definition) is 9. The molecule has 23 heavy (non-hydrogen) atoms. The molecule has 1 fully saturated rings. The summed E-state index contributed by atoms with van der Waals surface area (Å²) < 4.78 is 11.6. The molecule has 1 aliphatic rings. The van der Waals surface area contributed by atoms with Gasteiger partial charge in [0, 0.05) is 0 Å². The van der Waals surface area contributed by atoms with Crippen LogP contribution >= 0.6 is 11.6 Å². The highest BCUT2D eigenvalue weighted by Gasteiger charge is 2.48. The van der Waals surface area contributed by atoms with Gasteiger partial charge in [-0.3, -0.25) is 4.57 Å². The van der Waals surface area contributed by atoms with Crippen molar-refractivity contribution in [3.8, 4) is 0 Å². The van der Waals surface area contributed by atoms with E-state index in [4.69, 9.17) is 26.8 Å². The van der Waals surface area contributed by atoms with Crippen LogP contribution in [-0.4, -0.2) is 66.5 Å². The van der Waals surface area contributed by atoms with E-state index in [0.717, 1.165) is 0 Å². The largest absolute Gasteiger partial charge is 0.462 e. The molecule has 1 aliphatic heterocycles. The summed E-state index contributed by atoms with van der Waals surface area (Å²) in [6, 6.07) is 0. The zero-order chi connectivity index (χ0) is 16.6. The number of anilines is 1. The van der Waals surface area contributed by atoms with Gasteiger partial charge in [-0.25, -0.2) is 19.7 Å². The van der Waals surface area contributed by atoms with Gasteiger partial charge in [-0.15, -0.1) is 11.6 Å². The molecule has 0 aliphatic carbocycles. The van der Waals surface area contributed by atoms with Crippen molar-refractivity contribution in [3.63, 3.8) is 0 Å². The number of halogens is 1. The average Bonchev–Trinajstić information content (AvgIpc) is 3.09. The van der Waals surface area contributed by atoms with E-state index in [0.29, 0.717) is 11.2 Å². The van der Waals surface area contributed by atoms with E-state index in [1.54, 1.807) is 0 Å². The number of aliphatic hydroxyl groups is 2. The van der Waals surface area contributed by atoms with Gasteiger partial charge in [0.2, 0.25) is 0 Å². The van der Waals surface area contributed by atoms with Crippen molar-refractivity contribution in [2.75, 3.05) is 18.2 Å². The van der Waals surface area contributed by atoms with Crippen LogP contribution in [0, 0.1) is 0 Å². The van der Waals surface area contributed by atoms with E-state index in [1.807, 2.05) is 0 Å². The third kappa shape index (κ3) is 2.70. The van der Waals surface area contributed by atoms with Crippen LogP contribution in [0.2, 0.25) is 0 Å². The fourth-order valence-electron chi connectivity index (χ4n) is 2.36. The maximum Gasteiger partial charge on any atom is 0.338 e. The van der Waals surface area contributed by atoms with E-state index in [9.17, 15) is 15.0 Å². The number of nitrogen functional groups attached to an aromatic ring is 1. The molecule has 2 aromatic rings. The Balaban J connectivity index is 1.88. The summed E-state index contributed by atoms with van der Waals surface area (Å²) in [5.74, 6) is -0.527. The first-order valence-corrected chi connectivity index (χ1v) is 7.25. The van der Waals surface area contributed by atoms with Crippen LogP contribution in [0.1, 0.15) is 6.23 Å². The molecule has 1 unspecified atom stereocenters. The SMILES string of the molecule is Nc1ncnc2c1ncn2C1O[C@H](C(=O)OCCCl)[C@@H](O)[C@H]1O. The van der Waals surface area contributed by atoms with Crippen molar-refractivity contribution in [1.82, 2.24) is 19.5 Å². The van der Waals surface area contributed by atoms with E-state index >= 15 is 0 Å². The van der Waals surface area contributed by atoms with E-state index in [-0.39, 0.29) is 18.3 Å². The lowest BCUT2D eigenvalue weighted by Crippen LogP contribution is -2.37. The molecule has 124 valence electrons. The molecule has 4 atom stereocenters. The number of carbonyl (C=O) groups excluding carboxylic acids is 1. The molecular formula is C12H14ClN5O5. The van der Waals surface area contributed by atoms with Gasteiger partial charge >= 0.3 is 5.97 Å². The summed E-state index contributed by atoms with van der Waals surface area (Å²) >= 11 is 5.44. The fourth-order valence-corrected chi connectivity index (χ4v) is 2.44. The van der Waals surface area contributed by atoms with Crippen molar-refractivity contribution in [3.05, 3.63) is 12.7 Å². The molecule has 3 heterocycles. The zero-order valence-corrected chi connectivity index (χ0v) is 12.5. The monoisotopic (exact) mass is 343 g/mol. The molecule has 10 nitrogen and oxygen atoms in total. The summed E-state index contributed by atoms with van der Waals surface area (Å²) in [6.45, 7) is -0.0223. The second kappa shape index (κ2) is 6.24. The molecule has 1 saturated heterocycles. The topological polar surface area (TPSA) is 146 Å². The Labute approximate surface area is 134 Å². The highest BCUT2D eigenvalue weighted by atomic mass is 35.5. The second-order valence-electron chi connectivity index (χ2n) is 4.87. The van der Waals surface area contributed by atoms with E-state index in [1.165, 1.54) is 17.2 Å². The number of nitrogens with two attached hydrogens (primary N) is 1. The van der Waals surface area contributed by atoms with Crippen molar-refractivity contribution in [1.29, 1.82) is 0 Å². The number of aromatic nitrogens is 4. The molecule has 0 spiro atoms. The number of ether oxygens (including phenoxy) is 2. The fraction of sp³-hybridized carbons (Fsp3) is 0.500. The number of hydrogen-bond donors (Lipinski definition) is 3. The Bertz CT molecular complexity index is 725. The van der Waals surface area contributed by atoms with E-state index in [2.05, 4.69) is 15.0 Å². The first kappa shape index (κ1) is 15.9. The van der Waals surface area contributed by atoms with Gasteiger partial charge in [0.25, 0.3) is 0 Å². The smallest absolute Gasteiger partial charge is 0.338 e. The first-order chi connectivity index (χ1) is 11.0. The van der Waals surface area contributed by atoms with Gasteiger partial charge in [-0.05, 0) is 0 Å².